The molecule has 7 heavy (non-hydrogen) atoms. The van der Waals surface area contributed by atoms with Gasteiger partial charge in [-0.05, 0) is 14.2 Å². The van der Waals surface area contributed by atoms with Gasteiger partial charge < -0.3 is 0 Å². The summed E-state index contributed by atoms with van der Waals surface area (Å²) in [5.74, 6) is 0. The zero-order chi connectivity index (χ0) is 5.70. The van der Waals surface area contributed by atoms with Gasteiger partial charge in [0.05, 0.1) is 0 Å². The predicted molar refractivity (Wildman–Crippen MR) is 37.9 cm³/mol. The van der Waals surface area contributed by atoms with Crippen molar-refractivity contribution in [3.8, 4) is 0 Å². The molecule has 0 aromatic carbocycles. The molecule has 0 saturated heterocycles. The molecule has 0 unspecified atom stereocenters. The maximum Gasteiger partial charge on any atom is 0.321 e. The molecule has 42 valence electrons. The van der Waals surface area contributed by atoms with E-state index in [0.29, 0.717) is 14.2 Å². The summed E-state index contributed by atoms with van der Waals surface area (Å²) in [6.45, 7) is 0. The molecule has 0 aromatic rings. The Kier molecular flexibility index (Phi) is 6.65. The van der Waals surface area contributed by atoms with Crippen LogP contribution in [-0.2, 0) is 0 Å². The third-order valence-corrected chi connectivity index (χ3v) is 5.89. The topological polar surface area (TPSA) is 0 Å². The van der Waals surface area contributed by atoms with Crippen LogP contribution in [0.1, 0.15) is 0 Å². The number of alkyl halides is 3. The number of hydrogen-bond donors (Lipinski definition) is 0. The highest BCUT2D eigenvalue weighted by Crippen LogP contribution is 1.92. The van der Waals surface area contributed by atoms with Gasteiger partial charge in [0.15, 0.2) is 0 Å². The van der Waals surface area contributed by atoms with Crippen molar-refractivity contribution in [1.29, 1.82) is 0 Å². The molecule has 0 saturated carbocycles. The van der Waals surface area contributed by atoms with Crippen molar-refractivity contribution >= 4 is 49.0 Å². The average molecular weight is 175 g/mol. The molecule has 0 amide bonds. The zero-order valence-electron chi connectivity index (χ0n) is 3.83. The van der Waals surface area contributed by atoms with Gasteiger partial charge in [0.1, 0.15) is 0 Å². The summed E-state index contributed by atoms with van der Waals surface area (Å²) in [6.07, 6.45) is 0. The van der Waals surface area contributed by atoms with E-state index in [1.807, 2.05) is 0 Å². The molecule has 0 aliphatic carbocycles. The lowest BCUT2D eigenvalue weighted by Gasteiger charge is -1.92. The van der Waals surface area contributed by atoms with Crippen molar-refractivity contribution in [2.45, 2.75) is 0 Å². The Hall–Kier alpha value is 1.40. The van der Waals surface area contributed by atoms with Crippen molar-refractivity contribution in [1.82, 2.24) is 0 Å². The second-order valence-electron chi connectivity index (χ2n) is 1.33. The fourth-order valence-electron chi connectivity index (χ4n) is 0.124. The van der Waals surface area contributed by atoms with Crippen molar-refractivity contribution in [2.24, 2.45) is 0 Å². The van der Waals surface area contributed by atoms with Gasteiger partial charge >= 0.3 is 14.1 Å². The van der Waals surface area contributed by atoms with Crippen molar-refractivity contribution in [2.75, 3.05) is 14.2 Å². The summed E-state index contributed by atoms with van der Waals surface area (Å²) in [5, 5.41) is 0. The molecule has 0 aliphatic rings. The van der Waals surface area contributed by atoms with E-state index in [2.05, 4.69) is 0 Å². The first kappa shape index (κ1) is 8.40. The standard InChI is InChI=1S/3CH2Cl.Al/c3*1-2;/h3*1H2;. The van der Waals surface area contributed by atoms with Crippen LogP contribution < -0.4 is 0 Å². The van der Waals surface area contributed by atoms with Crippen molar-refractivity contribution in [3.63, 3.8) is 0 Å². The lowest BCUT2D eigenvalue weighted by atomic mass is 11.8. The molecule has 4 heteroatoms. The molecule has 0 N–H and O–H groups in total. The van der Waals surface area contributed by atoms with E-state index in [-0.39, 0.29) is 0 Å². The van der Waals surface area contributed by atoms with Crippen molar-refractivity contribution < 1.29 is 0 Å². The first-order chi connectivity index (χ1) is 3.35. The molecule has 0 atom stereocenters. The SMILES string of the molecule is Cl[CH2][Al]([CH2]Cl)[CH2]Cl. The molecular formula is C3H6AlCl3. The summed E-state index contributed by atoms with van der Waals surface area (Å²) in [4.78, 5) is 0. The fraction of sp³-hybridized carbons (Fsp3) is 1.00. The Balaban J connectivity index is 2.99. The quantitative estimate of drug-likeness (QED) is 0.453. The minimum absolute atomic E-state index is 0.701. The smallest absolute Gasteiger partial charge is 0.143 e. The highest BCUT2D eigenvalue weighted by Gasteiger charge is 2.11. The lowest BCUT2D eigenvalue weighted by Crippen LogP contribution is -2.20. The minimum Gasteiger partial charge on any atom is -0.143 e. The third-order valence-electron chi connectivity index (χ3n) is 0.655. The van der Waals surface area contributed by atoms with Crippen LogP contribution in [0.3, 0.4) is 0 Å². The van der Waals surface area contributed by atoms with Gasteiger partial charge in [-0.25, -0.2) is 0 Å². The fourth-order valence-corrected chi connectivity index (χ4v) is 3.34. The Morgan fingerprint density at radius 2 is 1.14 bits per heavy atom. The number of hydrogen-bond acceptors (Lipinski definition) is 0. The molecule has 0 aliphatic heterocycles. The van der Waals surface area contributed by atoms with Gasteiger partial charge in [-0.2, -0.15) is 0 Å². The monoisotopic (exact) mass is 174 g/mol. The lowest BCUT2D eigenvalue weighted by molar-refractivity contribution is 1.76. The molecule has 0 bridgehead atoms. The second kappa shape index (κ2) is 5.54. The predicted octanol–water partition coefficient (Wildman–Crippen LogP) is 1.82. The average Bonchev–Trinajstić information content (AvgIpc) is 1.72. The summed E-state index contributed by atoms with van der Waals surface area (Å²) in [7, 11) is 0. The van der Waals surface area contributed by atoms with Crippen LogP contribution >= 0.6 is 34.8 Å². The molecule has 0 rings (SSSR count). The Morgan fingerprint density at radius 1 is 0.857 bits per heavy atom. The van der Waals surface area contributed by atoms with Crippen LogP contribution in [0.25, 0.3) is 0 Å². The van der Waals surface area contributed by atoms with Crippen LogP contribution in [-0.4, -0.2) is 28.4 Å². The van der Waals surface area contributed by atoms with E-state index < -0.39 is 14.1 Å². The first-order valence-electron chi connectivity index (χ1n) is 2.03. The van der Waals surface area contributed by atoms with E-state index >= 15 is 0 Å². The van der Waals surface area contributed by atoms with E-state index in [1.165, 1.54) is 0 Å². The van der Waals surface area contributed by atoms with Crippen molar-refractivity contribution in [3.05, 3.63) is 0 Å². The normalized spacial score (nSPS) is 9.00. The molecule has 0 nitrogen and oxygen atoms in total. The number of halogens is 3. The number of rotatable bonds is 3. The molecule has 0 fully saturated rings. The van der Waals surface area contributed by atoms with E-state index in [1.54, 1.807) is 0 Å². The van der Waals surface area contributed by atoms with Crippen LogP contribution in [0.4, 0.5) is 0 Å². The highest BCUT2D eigenvalue weighted by atomic mass is 35.5. The van der Waals surface area contributed by atoms with Gasteiger partial charge in [-0.3, -0.25) is 0 Å². The van der Waals surface area contributed by atoms with Gasteiger partial charge in [-0.1, -0.05) is 0 Å². The van der Waals surface area contributed by atoms with E-state index in [4.69, 9.17) is 34.8 Å². The first-order valence-corrected chi connectivity index (χ1v) is 6.08. The highest BCUT2D eigenvalue weighted by molar-refractivity contribution is 6.78. The summed E-state index contributed by atoms with van der Waals surface area (Å²) < 4.78 is 2.10. The molecule has 0 spiro atoms. The second-order valence-corrected chi connectivity index (χ2v) is 6.76. The van der Waals surface area contributed by atoms with Gasteiger partial charge in [-0.15, -0.1) is 34.8 Å². The largest absolute Gasteiger partial charge is 0.321 e. The van der Waals surface area contributed by atoms with Crippen LogP contribution in [0.5, 0.6) is 0 Å². The van der Waals surface area contributed by atoms with E-state index in [9.17, 15) is 0 Å². The van der Waals surface area contributed by atoms with Crippen LogP contribution in [0.2, 0.25) is 0 Å². The Morgan fingerprint density at radius 3 is 1.14 bits per heavy atom. The molecule has 0 radical (unpaired) electrons. The van der Waals surface area contributed by atoms with Gasteiger partial charge in [0.25, 0.3) is 0 Å². The van der Waals surface area contributed by atoms with Gasteiger partial charge in [0, 0.05) is 0 Å². The summed E-state index contributed by atoms with van der Waals surface area (Å²) >= 11 is 15.5. The maximum atomic E-state index is 5.46. The van der Waals surface area contributed by atoms with Crippen LogP contribution in [0.15, 0.2) is 0 Å². The Bertz CT molecular complexity index is 31.7. The summed E-state index contributed by atoms with van der Waals surface area (Å²) in [6, 6.07) is 0. The van der Waals surface area contributed by atoms with Gasteiger partial charge in [0.2, 0.25) is 0 Å². The zero-order valence-corrected chi connectivity index (χ0v) is 7.26. The molecule has 0 aromatic heterocycles. The molecular weight excluding hydrogens is 169 g/mol. The Labute approximate surface area is 63.1 Å². The van der Waals surface area contributed by atoms with E-state index in [0.717, 1.165) is 0 Å². The van der Waals surface area contributed by atoms with Crippen LogP contribution in [0, 0.1) is 0 Å². The third kappa shape index (κ3) is 3.94. The molecule has 0 heterocycles. The maximum absolute atomic E-state index is 5.46. The summed E-state index contributed by atoms with van der Waals surface area (Å²) in [5.41, 5.74) is 0. The minimum atomic E-state index is -0.875.